The third kappa shape index (κ3) is 4.06. The Kier molecular flexibility index (Phi) is 5.68. The standard InChI is InChI=1S/C21H29N3O4S/c1-14-7-9-24(10-8-14)29(26,27)17-5-6-19-18(12-17)15(2)20(23-19)21(25)22-13-16-4-3-11-28-16/h5-6,12,14,16,23H,3-4,7-11,13H2,1-2H3,(H,22,25). The fraction of sp³-hybridized carbons (Fsp3) is 0.571. The van der Waals surface area contributed by atoms with Crippen LogP contribution in [0.15, 0.2) is 23.1 Å². The summed E-state index contributed by atoms with van der Waals surface area (Å²) in [6.07, 6.45) is 3.84. The summed E-state index contributed by atoms with van der Waals surface area (Å²) >= 11 is 0. The third-order valence-electron chi connectivity index (χ3n) is 6.15. The number of nitrogens with one attached hydrogen (secondary N) is 2. The number of aromatic nitrogens is 1. The second-order valence-electron chi connectivity index (χ2n) is 8.26. The first-order valence-electron chi connectivity index (χ1n) is 10.4. The highest BCUT2D eigenvalue weighted by molar-refractivity contribution is 7.89. The highest BCUT2D eigenvalue weighted by Crippen LogP contribution is 2.28. The van der Waals surface area contributed by atoms with Crippen molar-refractivity contribution < 1.29 is 17.9 Å². The molecule has 29 heavy (non-hydrogen) atoms. The maximum Gasteiger partial charge on any atom is 0.268 e. The summed E-state index contributed by atoms with van der Waals surface area (Å²) in [5.74, 6) is 0.371. The van der Waals surface area contributed by atoms with E-state index in [4.69, 9.17) is 4.74 Å². The largest absolute Gasteiger partial charge is 0.376 e. The summed E-state index contributed by atoms with van der Waals surface area (Å²) in [4.78, 5) is 16.1. The van der Waals surface area contributed by atoms with Gasteiger partial charge in [-0.3, -0.25) is 4.79 Å². The Labute approximate surface area is 171 Å². The van der Waals surface area contributed by atoms with Crippen molar-refractivity contribution in [3.8, 4) is 0 Å². The van der Waals surface area contributed by atoms with Crippen LogP contribution in [0.1, 0.15) is 48.7 Å². The molecule has 2 aromatic rings. The minimum absolute atomic E-state index is 0.0765. The highest BCUT2D eigenvalue weighted by Gasteiger charge is 2.29. The number of nitrogens with zero attached hydrogens (tertiary/aromatic N) is 1. The molecular formula is C21H29N3O4S. The van der Waals surface area contributed by atoms with Crippen LogP contribution in [-0.4, -0.2) is 56.0 Å². The monoisotopic (exact) mass is 419 g/mol. The van der Waals surface area contributed by atoms with Gasteiger partial charge in [0.15, 0.2) is 0 Å². The molecule has 0 aliphatic carbocycles. The zero-order valence-electron chi connectivity index (χ0n) is 17.0. The van der Waals surface area contributed by atoms with Crippen LogP contribution in [0.4, 0.5) is 0 Å². The molecule has 1 unspecified atom stereocenters. The lowest BCUT2D eigenvalue weighted by Crippen LogP contribution is -2.37. The molecule has 2 aliphatic heterocycles. The van der Waals surface area contributed by atoms with Gasteiger partial charge in [-0.05, 0) is 62.3 Å². The number of ether oxygens (including phenoxy) is 1. The van der Waals surface area contributed by atoms with E-state index in [0.29, 0.717) is 31.2 Å². The number of piperidine rings is 1. The Morgan fingerprint density at radius 3 is 2.72 bits per heavy atom. The fourth-order valence-corrected chi connectivity index (χ4v) is 5.66. The Balaban J connectivity index is 1.56. The maximum atomic E-state index is 13.1. The van der Waals surface area contributed by atoms with Gasteiger partial charge in [-0.1, -0.05) is 6.92 Å². The van der Waals surface area contributed by atoms with Gasteiger partial charge < -0.3 is 15.0 Å². The lowest BCUT2D eigenvalue weighted by Gasteiger charge is -2.29. The number of H-pyrrole nitrogens is 1. The molecule has 2 N–H and O–H groups in total. The zero-order chi connectivity index (χ0) is 20.6. The summed E-state index contributed by atoms with van der Waals surface area (Å²) in [5.41, 5.74) is 1.99. The van der Waals surface area contributed by atoms with E-state index in [2.05, 4.69) is 17.2 Å². The molecule has 2 fully saturated rings. The molecule has 1 aromatic carbocycles. The molecule has 3 heterocycles. The first-order valence-corrected chi connectivity index (χ1v) is 11.8. The van der Waals surface area contributed by atoms with Crippen LogP contribution in [0.5, 0.6) is 0 Å². The molecule has 4 rings (SSSR count). The van der Waals surface area contributed by atoms with Crippen molar-refractivity contribution >= 4 is 26.8 Å². The van der Waals surface area contributed by atoms with Crippen molar-refractivity contribution in [3.05, 3.63) is 29.5 Å². The van der Waals surface area contributed by atoms with Crippen LogP contribution < -0.4 is 5.32 Å². The van der Waals surface area contributed by atoms with Gasteiger partial charge in [0, 0.05) is 37.1 Å². The van der Waals surface area contributed by atoms with Gasteiger partial charge in [0.1, 0.15) is 5.69 Å². The third-order valence-corrected chi connectivity index (χ3v) is 8.05. The molecule has 0 saturated carbocycles. The number of benzene rings is 1. The van der Waals surface area contributed by atoms with E-state index in [1.807, 2.05) is 6.92 Å². The van der Waals surface area contributed by atoms with E-state index >= 15 is 0 Å². The van der Waals surface area contributed by atoms with Crippen LogP contribution in [0.25, 0.3) is 10.9 Å². The van der Waals surface area contributed by atoms with Gasteiger partial charge in [-0.2, -0.15) is 4.31 Å². The Morgan fingerprint density at radius 1 is 1.28 bits per heavy atom. The molecular weight excluding hydrogens is 390 g/mol. The summed E-state index contributed by atoms with van der Waals surface area (Å²) < 4.78 is 33.2. The molecule has 0 radical (unpaired) electrons. The van der Waals surface area contributed by atoms with Crippen LogP contribution in [0, 0.1) is 12.8 Å². The summed E-state index contributed by atoms with van der Waals surface area (Å²) in [6.45, 7) is 6.36. The molecule has 2 saturated heterocycles. The Bertz CT molecular complexity index is 1000. The zero-order valence-corrected chi connectivity index (χ0v) is 17.8. The van der Waals surface area contributed by atoms with Crippen molar-refractivity contribution in [1.82, 2.24) is 14.6 Å². The van der Waals surface area contributed by atoms with Crippen molar-refractivity contribution in [2.75, 3.05) is 26.2 Å². The van der Waals surface area contributed by atoms with E-state index < -0.39 is 10.0 Å². The first-order chi connectivity index (χ1) is 13.9. The number of amides is 1. The van der Waals surface area contributed by atoms with E-state index in [1.54, 1.807) is 22.5 Å². The number of aromatic amines is 1. The van der Waals surface area contributed by atoms with Crippen molar-refractivity contribution in [1.29, 1.82) is 0 Å². The van der Waals surface area contributed by atoms with E-state index in [0.717, 1.165) is 48.8 Å². The number of aryl methyl sites for hydroxylation is 1. The van der Waals surface area contributed by atoms with Crippen molar-refractivity contribution in [2.24, 2.45) is 5.92 Å². The number of fused-ring (bicyclic) bond motifs is 1. The predicted molar refractivity (Wildman–Crippen MR) is 111 cm³/mol. The molecule has 1 amide bonds. The predicted octanol–water partition coefficient (Wildman–Crippen LogP) is 2.81. The molecule has 1 aromatic heterocycles. The lowest BCUT2D eigenvalue weighted by molar-refractivity contribution is 0.0854. The fourth-order valence-electron chi connectivity index (χ4n) is 4.17. The average molecular weight is 420 g/mol. The lowest BCUT2D eigenvalue weighted by atomic mass is 10.0. The molecule has 0 bridgehead atoms. The van der Waals surface area contributed by atoms with E-state index in [9.17, 15) is 13.2 Å². The minimum atomic E-state index is -3.52. The van der Waals surface area contributed by atoms with Crippen LogP contribution in [-0.2, 0) is 14.8 Å². The minimum Gasteiger partial charge on any atom is -0.376 e. The van der Waals surface area contributed by atoms with Crippen molar-refractivity contribution in [3.63, 3.8) is 0 Å². The Morgan fingerprint density at radius 2 is 2.03 bits per heavy atom. The number of hydrogen-bond acceptors (Lipinski definition) is 4. The molecule has 0 spiro atoms. The quantitative estimate of drug-likeness (QED) is 0.780. The number of rotatable bonds is 5. The van der Waals surface area contributed by atoms with Gasteiger partial charge in [-0.25, -0.2) is 8.42 Å². The number of carbonyl (C=O) groups is 1. The van der Waals surface area contributed by atoms with Gasteiger partial charge in [-0.15, -0.1) is 0 Å². The average Bonchev–Trinajstić information content (AvgIpc) is 3.34. The second-order valence-corrected chi connectivity index (χ2v) is 10.2. The van der Waals surface area contributed by atoms with Crippen LogP contribution in [0.3, 0.4) is 0 Å². The molecule has 8 heteroatoms. The summed E-state index contributed by atoms with van der Waals surface area (Å²) in [6, 6.07) is 5.06. The number of hydrogen-bond donors (Lipinski definition) is 2. The molecule has 7 nitrogen and oxygen atoms in total. The number of carbonyl (C=O) groups excluding carboxylic acids is 1. The SMILES string of the molecule is Cc1c(C(=O)NCC2CCCO2)[nH]c2ccc(S(=O)(=O)N3CCC(C)CC3)cc12. The van der Waals surface area contributed by atoms with E-state index in [1.165, 1.54) is 0 Å². The first kappa shape index (κ1) is 20.4. The van der Waals surface area contributed by atoms with Gasteiger partial charge in [0.05, 0.1) is 11.0 Å². The van der Waals surface area contributed by atoms with Gasteiger partial charge >= 0.3 is 0 Å². The topological polar surface area (TPSA) is 91.5 Å². The molecule has 2 aliphatic rings. The van der Waals surface area contributed by atoms with Crippen molar-refractivity contribution in [2.45, 2.75) is 50.5 Å². The summed E-state index contributed by atoms with van der Waals surface area (Å²) in [7, 11) is -3.52. The van der Waals surface area contributed by atoms with Crippen LogP contribution in [0.2, 0.25) is 0 Å². The highest BCUT2D eigenvalue weighted by atomic mass is 32.2. The Hall–Kier alpha value is -1.90. The van der Waals surface area contributed by atoms with Gasteiger partial charge in [0.25, 0.3) is 5.91 Å². The second kappa shape index (κ2) is 8.08. The molecule has 158 valence electrons. The molecule has 1 atom stereocenters. The number of sulfonamides is 1. The van der Waals surface area contributed by atoms with E-state index in [-0.39, 0.29) is 16.9 Å². The van der Waals surface area contributed by atoms with Crippen LogP contribution >= 0.6 is 0 Å². The maximum absolute atomic E-state index is 13.1. The van der Waals surface area contributed by atoms with Gasteiger partial charge in [0.2, 0.25) is 10.0 Å². The normalized spacial score (nSPS) is 21.7. The smallest absolute Gasteiger partial charge is 0.268 e. The summed E-state index contributed by atoms with van der Waals surface area (Å²) in [5, 5.41) is 3.68.